The quantitative estimate of drug-likeness (QED) is 0.627. The highest BCUT2D eigenvalue weighted by molar-refractivity contribution is 5.89. The molecular weight excluding hydrogens is 304 g/mol. The number of aliphatic carboxylic acids is 1. The van der Waals surface area contributed by atoms with E-state index in [1.54, 1.807) is 12.1 Å². The Labute approximate surface area is 142 Å². The predicted molar refractivity (Wildman–Crippen MR) is 93.7 cm³/mol. The molecular formula is C20H22O4. The summed E-state index contributed by atoms with van der Waals surface area (Å²) >= 11 is 0. The molecule has 0 fully saturated rings. The molecule has 4 nitrogen and oxygen atoms in total. The first kappa shape index (κ1) is 17.6. The van der Waals surface area contributed by atoms with Crippen LogP contribution in [-0.4, -0.2) is 16.7 Å². The first-order valence-electron chi connectivity index (χ1n) is 7.74. The Morgan fingerprint density at radius 3 is 2.21 bits per heavy atom. The van der Waals surface area contributed by atoms with E-state index in [1.807, 2.05) is 63.2 Å². The van der Waals surface area contributed by atoms with Gasteiger partial charge in [0.1, 0.15) is 18.0 Å². The lowest BCUT2D eigenvalue weighted by atomic mass is 10.1. The van der Waals surface area contributed by atoms with Crippen molar-refractivity contribution >= 4 is 12.0 Å². The molecule has 0 aliphatic heterocycles. The van der Waals surface area contributed by atoms with Crippen LogP contribution in [0.4, 0.5) is 0 Å². The van der Waals surface area contributed by atoms with Crippen molar-refractivity contribution in [3.63, 3.8) is 0 Å². The Kier molecular flexibility index (Phi) is 5.64. The number of carboxylic acids is 1. The Balaban J connectivity index is 2.04. The number of ether oxygens (including phenoxy) is 2. The molecule has 24 heavy (non-hydrogen) atoms. The lowest BCUT2D eigenvalue weighted by Gasteiger charge is -2.21. The highest BCUT2D eigenvalue weighted by atomic mass is 16.5. The van der Waals surface area contributed by atoms with Gasteiger partial charge in [-0.05, 0) is 50.1 Å². The van der Waals surface area contributed by atoms with E-state index in [4.69, 9.17) is 9.47 Å². The summed E-state index contributed by atoms with van der Waals surface area (Å²) in [5.74, 6) is -0.445. The van der Waals surface area contributed by atoms with Gasteiger partial charge in [-0.25, -0.2) is 4.79 Å². The van der Waals surface area contributed by atoms with Crippen molar-refractivity contribution < 1.29 is 19.4 Å². The van der Waals surface area contributed by atoms with Crippen LogP contribution >= 0.6 is 0 Å². The maximum absolute atomic E-state index is 11.3. The molecule has 0 bridgehead atoms. The maximum atomic E-state index is 11.3. The van der Waals surface area contributed by atoms with Gasteiger partial charge >= 0.3 is 5.97 Å². The van der Waals surface area contributed by atoms with Crippen molar-refractivity contribution in [2.24, 2.45) is 0 Å². The molecule has 0 aromatic heterocycles. The molecule has 0 aliphatic rings. The van der Waals surface area contributed by atoms with E-state index in [0.29, 0.717) is 6.61 Å². The average molecular weight is 326 g/mol. The van der Waals surface area contributed by atoms with Gasteiger partial charge in [-0.1, -0.05) is 42.5 Å². The normalized spacial score (nSPS) is 11.9. The Bertz CT molecular complexity index is 695. The zero-order valence-electron chi connectivity index (χ0n) is 14.2. The molecule has 0 heterocycles. The third-order valence-electron chi connectivity index (χ3n) is 3.05. The molecule has 0 unspecified atom stereocenters. The lowest BCUT2D eigenvalue weighted by molar-refractivity contribution is -0.138. The van der Waals surface area contributed by atoms with Crippen molar-refractivity contribution in [2.45, 2.75) is 33.0 Å². The Morgan fingerprint density at radius 1 is 1.04 bits per heavy atom. The summed E-state index contributed by atoms with van der Waals surface area (Å²) in [6, 6.07) is 17.1. The summed E-state index contributed by atoms with van der Waals surface area (Å²) in [4.78, 5) is 11.3. The van der Waals surface area contributed by atoms with Gasteiger partial charge in [-0.3, -0.25) is 0 Å². The zero-order chi connectivity index (χ0) is 17.6. The van der Waals surface area contributed by atoms with Crippen molar-refractivity contribution in [3.8, 4) is 5.75 Å². The van der Waals surface area contributed by atoms with Gasteiger partial charge in [0, 0.05) is 0 Å². The monoisotopic (exact) mass is 326 g/mol. The van der Waals surface area contributed by atoms with E-state index < -0.39 is 11.6 Å². The molecule has 0 spiro atoms. The minimum absolute atomic E-state index is 0.0829. The predicted octanol–water partition coefficient (Wildman–Crippen LogP) is 4.51. The molecule has 0 saturated carbocycles. The fourth-order valence-corrected chi connectivity index (χ4v) is 2.02. The van der Waals surface area contributed by atoms with Crippen LogP contribution in [0.2, 0.25) is 0 Å². The highest BCUT2D eigenvalue weighted by Crippen LogP contribution is 2.19. The van der Waals surface area contributed by atoms with E-state index in [1.165, 1.54) is 6.08 Å². The summed E-state index contributed by atoms with van der Waals surface area (Å²) in [7, 11) is 0. The smallest absolute Gasteiger partial charge is 0.371 e. The number of benzene rings is 2. The minimum atomic E-state index is -1.09. The molecule has 0 saturated heterocycles. The van der Waals surface area contributed by atoms with Gasteiger partial charge in [0.25, 0.3) is 0 Å². The van der Waals surface area contributed by atoms with Gasteiger partial charge in [0.05, 0.1) is 0 Å². The average Bonchev–Trinajstić information content (AvgIpc) is 2.53. The molecule has 2 rings (SSSR count). The second-order valence-corrected chi connectivity index (χ2v) is 6.37. The fourth-order valence-electron chi connectivity index (χ4n) is 2.02. The van der Waals surface area contributed by atoms with Gasteiger partial charge < -0.3 is 14.6 Å². The summed E-state index contributed by atoms with van der Waals surface area (Å²) in [5, 5.41) is 9.24. The highest BCUT2D eigenvalue weighted by Gasteiger charge is 2.18. The van der Waals surface area contributed by atoms with Crippen LogP contribution in [0, 0.1) is 0 Å². The standard InChI is InChI=1S/C20H22O4/c1-20(2,3)24-18(19(21)22)13-15-9-11-17(12-10-15)23-14-16-7-5-4-6-8-16/h4-13H,14H2,1-3H3,(H,21,22)/b18-13-. The first-order valence-corrected chi connectivity index (χ1v) is 7.74. The van der Waals surface area contributed by atoms with Crippen LogP contribution in [0.25, 0.3) is 6.08 Å². The van der Waals surface area contributed by atoms with E-state index in [2.05, 4.69) is 0 Å². The SMILES string of the molecule is CC(C)(C)O/C(=C\c1ccc(OCc2ccccc2)cc1)C(=O)O. The summed E-state index contributed by atoms with van der Waals surface area (Å²) in [6.45, 7) is 5.92. The first-order chi connectivity index (χ1) is 11.3. The molecule has 0 atom stereocenters. The van der Waals surface area contributed by atoms with E-state index in [9.17, 15) is 9.90 Å². The maximum Gasteiger partial charge on any atom is 0.371 e. The molecule has 0 aliphatic carbocycles. The zero-order valence-corrected chi connectivity index (χ0v) is 14.2. The third kappa shape index (κ3) is 5.80. The number of carbonyl (C=O) groups is 1. The fraction of sp³-hybridized carbons (Fsp3) is 0.250. The second kappa shape index (κ2) is 7.68. The molecule has 0 radical (unpaired) electrons. The third-order valence-corrected chi connectivity index (χ3v) is 3.05. The Hall–Kier alpha value is -2.75. The number of hydrogen-bond acceptors (Lipinski definition) is 3. The summed E-state index contributed by atoms with van der Waals surface area (Å²) in [5.41, 5.74) is 1.26. The van der Waals surface area contributed by atoms with Crippen LogP contribution in [0.5, 0.6) is 5.75 Å². The van der Waals surface area contributed by atoms with Gasteiger partial charge in [0.15, 0.2) is 0 Å². The largest absolute Gasteiger partial charge is 0.489 e. The van der Waals surface area contributed by atoms with Gasteiger partial charge in [0.2, 0.25) is 5.76 Å². The van der Waals surface area contributed by atoms with Crippen LogP contribution in [0.1, 0.15) is 31.9 Å². The summed E-state index contributed by atoms with van der Waals surface area (Å²) < 4.78 is 11.2. The second-order valence-electron chi connectivity index (χ2n) is 6.37. The molecule has 1 N–H and O–H groups in total. The number of hydrogen-bond donors (Lipinski definition) is 1. The van der Waals surface area contributed by atoms with Crippen molar-refractivity contribution in [3.05, 3.63) is 71.5 Å². The topological polar surface area (TPSA) is 55.8 Å². The molecule has 0 amide bonds. The number of rotatable bonds is 6. The molecule has 2 aromatic rings. The van der Waals surface area contributed by atoms with Crippen LogP contribution < -0.4 is 4.74 Å². The van der Waals surface area contributed by atoms with Crippen LogP contribution in [0.3, 0.4) is 0 Å². The molecule has 4 heteroatoms. The number of carboxylic acid groups (broad SMARTS) is 1. The van der Waals surface area contributed by atoms with Crippen LogP contribution in [0.15, 0.2) is 60.4 Å². The Morgan fingerprint density at radius 2 is 1.67 bits per heavy atom. The molecule has 2 aromatic carbocycles. The van der Waals surface area contributed by atoms with Crippen molar-refractivity contribution in [1.82, 2.24) is 0 Å². The van der Waals surface area contributed by atoms with Crippen molar-refractivity contribution in [2.75, 3.05) is 0 Å². The van der Waals surface area contributed by atoms with Crippen molar-refractivity contribution in [1.29, 1.82) is 0 Å². The van der Waals surface area contributed by atoms with E-state index >= 15 is 0 Å². The lowest BCUT2D eigenvalue weighted by Crippen LogP contribution is -2.21. The molecule has 126 valence electrons. The minimum Gasteiger partial charge on any atom is -0.489 e. The van der Waals surface area contributed by atoms with Gasteiger partial charge in [-0.2, -0.15) is 0 Å². The van der Waals surface area contributed by atoms with E-state index in [-0.39, 0.29) is 5.76 Å². The van der Waals surface area contributed by atoms with E-state index in [0.717, 1.165) is 16.9 Å². The van der Waals surface area contributed by atoms with Gasteiger partial charge in [-0.15, -0.1) is 0 Å². The summed E-state index contributed by atoms with van der Waals surface area (Å²) in [6.07, 6.45) is 1.51. The van der Waals surface area contributed by atoms with Crippen LogP contribution in [-0.2, 0) is 16.1 Å².